The number of halogens is 1. The molecule has 1 amide bonds. The quantitative estimate of drug-likeness (QED) is 0.533. The summed E-state index contributed by atoms with van der Waals surface area (Å²) >= 11 is 1.12. The molecule has 2 aromatic carbocycles. The topological polar surface area (TPSA) is 67.6 Å². The van der Waals surface area contributed by atoms with E-state index in [1.807, 2.05) is 6.07 Å². The summed E-state index contributed by atoms with van der Waals surface area (Å²) in [5, 5.41) is 3.91. The Morgan fingerprint density at radius 3 is 2.63 bits per heavy atom. The standard InChI is InChI=1S/C19H11FN4O2S/c20-13-7-3-1-5-11(13)9-23-14-8-4-2-6-12(14)15(17(23)25)16-18(26)24-19(27-16)21-10-22-24/h1-8,10H,9H2/b16-15-. The number of carbonyl (C=O) groups excluding carboxylic acids is 1. The van der Waals surface area contributed by atoms with E-state index in [-0.39, 0.29) is 23.8 Å². The zero-order chi connectivity index (χ0) is 18.5. The van der Waals surface area contributed by atoms with E-state index < -0.39 is 0 Å². The molecular formula is C19H11FN4O2S. The molecule has 6 nitrogen and oxygen atoms in total. The number of hydrogen-bond donors (Lipinski definition) is 0. The van der Waals surface area contributed by atoms with Crippen LogP contribution in [-0.2, 0) is 11.3 Å². The first kappa shape index (κ1) is 15.8. The molecular weight excluding hydrogens is 367 g/mol. The number of amides is 1. The average Bonchev–Trinajstić information content (AvgIpc) is 3.32. The van der Waals surface area contributed by atoms with Crippen molar-refractivity contribution < 1.29 is 9.18 Å². The molecule has 5 rings (SSSR count). The highest BCUT2D eigenvalue weighted by molar-refractivity contribution is 7.15. The van der Waals surface area contributed by atoms with Crippen molar-refractivity contribution in [1.82, 2.24) is 14.6 Å². The predicted octanol–water partition coefficient (Wildman–Crippen LogP) is 1.75. The Bertz CT molecular complexity index is 1330. The van der Waals surface area contributed by atoms with Crippen LogP contribution in [-0.4, -0.2) is 20.5 Å². The monoisotopic (exact) mass is 378 g/mol. The minimum Gasteiger partial charge on any atom is -0.303 e. The zero-order valence-electron chi connectivity index (χ0n) is 13.8. The van der Waals surface area contributed by atoms with Crippen LogP contribution in [0.1, 0.15) is 11.1 Å². The molecule has 1 aliphatic heterocycles. The van der Waals surface area contributed by atoms with Crippen molar-refractivity contribution in [3.63, 3.8) is 0 Å². The fourth-order valence-electron chi connectivity index (χ4n) is 3.28. The van der Waals surface area contributed by atoms with Gasteiger partial charge in [-0.1, -0.05) is 47.7 Å². The van der Waals surface area contributed by atoms with Crippen molar-refractivity contribution in [2.45, 2.75) is 6.54 Å². The second-order valence-corrected chi connectivity index (χ2v) is 7.04. The number of nitrogens with zero attached hydrogens (tertiary/aromatic N) is 4. The fourth-order valence-corrected chi connectivity index (χ4v) is 4.25. The number of para-hydroxylation sites is 1. The molecule has 0 saturated carbocycles. The molecule has 2 aromatic heterocycles. The first-order valence-electron chi connectivity index (χ1n) is 8.16. The number of rotatable bonds is 2. The molecule has 0 aliphatic carbocycles. The second-order valence-electron chi connectivity index (χ2n) is 6.07. The van der Waals surface area contributed by atoms with E-state index in [2.05, 4.69) is 10.1 Å². The maximum Gasteiger partial charge on any atom is 0.291 e. The molecule has 0 saturated heterocycles. The van der Waals surface area contributed by atoms with E-state index in [0.29, 0.717) is 31.9 Å². The highest BCUT2D eigenvalue weighted by atomic mass is 32.1. The van der Waals surface area contributed by atoms with Gasteiger partial charge in [0.1, 0.15) is 16.7 Å². The summed E-state index contributed by atoms with van der Waals surface area (Å²) in [5.74, 6) is -0.708. The SMILES string of the molecule is O=C1/C(=c2\sc3ncnn3c2=O)c2ccccc2N1Cc1ccccc1F. The van der Waals surface area contributed by atoms with Gasteiger partial charge in [0.05, 0.1) is 17.8 Å². The van der Waals surface area contributed by atoms with Gasteiger partial charge in [-0.25, -0.2) is 9.37 Å². The number of thiazole rings is 1. The summed E-state index contributed by atoms with van der Waals surface area (Å²) < 4.78 is 15.6. The lowest BCUT2D eigenvalue weighted by Gasteiger charge is -2.17. The van der Waals surface area contributed by atoms with Crippen LogP contribution in [0, 0.1) is 5.82 Å². The van der Waals surface area contributed by atoms with Crippen molar-refractivity contribution >= 4 is 33.5 Å². The van der Waals surface area contributed by atoms with Gasteiger partial charge in [0, 0.05) is 11.1 Å². The van der Waals surface area contributed by atoms with Crippen molar-refractivity contribution in [1.29, 1.82) is 0 Å². The van der Waals surface area contributed by atoms with Gasteiger partial charge >= 0.3 is 0 Å². The minimum absolute atomic E-state index is 0.0843. The number of anilines is 1. The Kier molecular flexibility index (Phi) is 3.41. The molecule has 0 bridgehead atoms. The molecule has 132 valence electrons. The Balaban J connectivity index is 1.74. The molecule has 4 aromatic rings. The van der Waals surface area contributed by atoms with Gasteiger partial charge in [-0.3, -0.25) is 9.59 Å². The maximum atomic E-state index is 14.1. The number of hydrogen-bond acceptors (Lipinski definition) is 5. The molecule has 0 N–H and O–H groups in total. The summed E-state index contributed by atoms with van der Waals surface area (Å²) in [6, 6.07) is 13.5. The van der Waals surface area contributed by atoms with Crippen LogP contribution in [0.15, 0.2) is 59.7 Å². The van der Waals surface area contributed by atoms with Gasteiger partial charge in [-0.15, -0.1) is 0 Å². The molecule has 8 heteroatoms. The predicted molar refractivity (Wildman–Crippen MR) is 98.9 cm³/mol. The van der Waals surface area contributed by atoms with E-state index in [1.165, 1.54) is 21.8 Å². The molecule has 0 fully saturated rings. The number of benzene rings is 2. The van der Waals surface area contributed by atoms with Gasteiger partial charge in [0.25, 0.3) is 11.5 Å². The van der Waals surface area contributed by atoms with Crippen LogP contribution in [0.5, 0.6) is 0 Å². The van der Waals surface area contributed by atoms with Gasteiger partial charge in [0.15, 0.2) is 0 Å². The summed E-state index contributed by atoms with van der Waals surface area (Å²) in [7, 11) is 0. The lowest BCUT2D eigenvalue weighted by molar-refractivity contribution is -0.113. The second kappa shape index (κ2) is 5.82. The highest BCUT2D eigenvalue weighted by Crippen LogP contribution is 2.36. The van der Waals surface area contributed by atoms with E-state index in [0.717, 1.165) is 11.3 Å². The van der Waals surface area contributed by atoms with Crippen molar-refractivity contribution in [3.05, 3.63) is 86.7 Å². The van der Waals surface area contributed by atoms with Crippen LogP contribution in [0.25, 0.3) is 10.5 Å². The Morgan fingerprint density at radius 2 is 1.81 bits per heavy atom. The van der Waals surface area contributed by atoms with E-state index >= 15 is 0 Å². The molecule has 1 aliphatic rings. The molecule has 0 unspecified atom stereocenters. The van der Waals surface area contributed by atoms with Crippen LogP contribution >= 0.6 is 11.3 Å². The van der Waals surface area contributed by atoms with Gasteiger partial charge in [-0.05, 0) is 12.1 Å². The van der Waals surface area contributed by atoms with Crippen molar-refractivity contribution in [3.8, 4) is 0 Å². The number of aromatic nitrogens is 3. The van der Waals surface area contributed by atoms with E-state index in [4.69, 9.17) is 0 Å². The Labute approximate surface area is 155 Å². The van der Waals surface area contributed by atoms with Gasteiger partial charge in [-0.2, -0.15) is 9.61 Å². The average molecular weight is 378 g/mol. The lowest BCUT2D eigenvalue weighted by Crippen LogP contribution is -2.32. The Morgan fingerprint density at radius 1 is 1.04 bits per heavy atom. The third kappa shape index (κ3) is 2.30. The van der Waals surface area contributed by atoms with E-state index in [1.54, 1.807) is 36.4 Å². The maximum absolute atomic E-state index is 14.1. The summed E-state index contributed by atoms with van der Waals surface area (Å²) in [4.78, 5) is 31.8. The molecule has 0 atom stereocenters. The smallest absolute Gasteiger partial charge is 0.291 e. The van der Waals surface area contributed by atoms with E-state index in [9.17, 15) is 14.0 Å². The van der Waals surface area contributed by atoms with Crippen molar-refractivity contribution in [2.75, 3.05) is 4.90 Å². The van der Waals surface area contributed by atoms with Crippen LogP contribution in [0.3, 0.4) is 0 Å². The zero-order valence-corrected chi connectivity index (χ0v) is 14.6. The van der Waals surface area contributed by atoms with Crippen LogP contribution < -0.4 is 15.0 Å². The minimum atomic E-state index is -0.376. The molecule has 0 spiro atoms. The van der Waals surface area contributed by atoms with Crippen LogP contribution in [0.4, 0.5) is 10.1 Å². The first-order valence-corrected chi connectivity index (χ1v) is 8.98. The van der Waals surface area contributed by atoms with Crippen molar-refractivity contribution in [2.24, 2.45) is 0 Å². The summed E-state index contributed by atoms with van der Waals surface area (Å²) in [5.41, 5.74) is 1.65. The molecule has 3 heterocycles. The fraction of sp³-hybridized carbons (Fsp3) is 0.0526. The molecule has 0 radical (unpaired) electrons. The third-order valence-corrected chi connectivity index (χ3v) is 5.58. The number of carbonyl (C=O) groups is 1. The highest BCUT2D eigenvalue weighted by Gasteiger charge is 2.34. The number of fused-ring (bicyclic) bond motifs is 2. The van der Waals surface area contributed by atoms with Crippen LogP contribution in [0.2, 0.25) is 0 Å². The Hall–Kier alpha value is -3.39. The lowest BCUT2D eigenvalue weighted by atomic mass is 10.1. The first-order chi connectivity index (χ1) is 13.1. The normalized spacial score (nSPS) is 15.6. The summed E-state index contributed by atoms with van der Waals surface area (Å²) in [6.45, 7) is 0.0843. The largest absolute Gasteiger partial charge is 0.303 e. The molecule has 27 heavy (non-hydrogen) atoms. The third-order valence-electron chi connectivity index (χ3n) is 4.53. The van der Waals surface area contributed by atoms with Gasteiger partial charge in [0.2, 0.25) is 4.96 Å². The summed E-state index contributed by atoms with van der Waals surface area (Å²) in [6.07, 6.45) is 1.30. The van der Waals surface area contributed by atoms with Gasteiger partial charge < -0.3 is 4.90 Å².